The van der Waals surface area contributed by atoms with Gasteiger partial charge in [0.25, 0.3) is 0 Å². The number of pyridine rings is 2. The topological polar surface area (TPSA) is 39.9 Å². The molecule has 0 radical (unpaired) electrons. The summed E-state index contributed by atoms with van der Waals surface area (Å²) in [5.74, 6) is 2.72. The Morgan fingerprint density at radius 3 is 1.93 bits per heavy atom. The van der Waals surface area contributed by atoms with Crippen LogP contribution >= 0.6 is 0 Å². The first-order chi connectivity index (χ1) is 26.6. The Morgan fingerprint density at radius 2 is 1.20 bits per heavy atom. The minimum absolute atomic E-state index is 0.402. The van der Waals surface area contributed by atoms with E-state index in [-0.39, 0.29) is 0 Å². The molecule has 0 bridgehead atoms. The second-order valence-electron chi connectivity index (χ2n) is 14.6. The fraction of sp³-hybridized carbons (Fsp3) is 0.0612. The summed E-state index contributed by atoms with van der Waals surface area (Å²) < 4.78 is 9.75. The molecule has 258 valence electrons. The average molecular weight is 712 g/mol. The Morgan fingerprint density at radius 1 is 0.556 bits per heavy atom. The molecule has 0 fully saturated rings. The largest absolute Gasteiger partial charge is 0.457 e. The Hall–Kier alpha value is -6.56. The fourth-order valence-electron chi connectivity index (χ4n) is 8.93. The minimum atomic E-state index is -3.20. The quantitative estimate of drug-likeness (QED) is 0.128. The fourth-order valence-corrected chi connectivity index (χ4v) is 13.8. The maximum atomic E-state index is 7.40. The van der Waals surface area contributed by atoms with Crippen LogP contribution in [0.1, 0.15) is 25.0 Å². The third-order valence-electron chi connectivity index (χ3n) is 11.3. The molecule has 0 spiro atoms. The number of para-hydroxylation sites is 2. The van der Waals surface area contributed by atoms with Gasteiger partial charge in [-0.05, 0) is 63.2 Å². The van der Waals surface area contributed by atoms with Gasteiger partial charge in [0.1, 0.15) is 17.3 Å². The van der Waals surface area contributed by atoms with Crippen LogP contribution in [0.2, 0.25) is 0 Å². The summed E-state index contributed by atoms with van der Waals surface area (Å²) >= 11 is 0. The van der Waals surface area contributed by atoms with E-state index in [9.17, 15) is 0 Å². The van der Waals surface area contributed by atoms with Crippen molar-refractivity contribution in [1.82, 2.24) is 14.5 Å². The Kier molecular flexibility index (Phi) is 7.46. The van der Waals surface area contributed by atoms with Crippen LogP contribution in [0.4, 0.5) is 0 Å². The summed E-state index contributed by atoms with van der Waals surface area (Å²) in [6, 6.07) is 63.3. The number of hydrogen-bond donors (Lipinski definition) is 0. The van der Waals surface area contributed by atoms with Gasteiger partial charge < -0.3 is 4.74 Å². The monoisotopic (exact) mass is 711 g/mol. The molecule has 1 aliphatic heterocycles. The average Bonchev–Trinajstić information content (AvgIpc) is 3.56. The van der Waals surface area contributed by atoms with Gasteiger partial charge in [0.2, 0.25) is 0 Å². The van der Waals surface area contributed by atoms with Crippen LogP contribution < -0.4 is 25.5 Å². The summed E-state index contributed by atoms with van der Waals surface area (Å²) in [5.41, 5.74) is 6.23. The SMILES string of the molecule is CC1(C)c2ccccc2Oc2c([Si](c3ccccc3)(c3ccccc3)c3cccc(-c4ccccn4)c3)cc3c(c21)c1ccccc1n3-c1ccccn1. The number of ether oxygens (including phenoxy) is 1. The van der Waals surface area contributed by atoms with Gasteiger partial charge in [0, 0.05) is 45.3 Å². The maximum absolute atomic E-state index is 7.40. The highest BCUT2D eigenvalue weighted by molar-refractivity contribution is 7.20. The number of fused-ring (bicyclic) bond motifs is 6. The van der Waals surface area contributed by atoms with E-state index in [1.54, 1.807) is 0 Å². The summed E-state index contributed by atoms with van der Waals surface area (Å²) in [5, 5.41) is 7.38. The van der Waals surface area contributed by atoms with E-state index in [0.717, 1.165) is 39.6 Å². The van der Waals surface area contributed by atoms with Crippen LogP contribution in [0, 0.1) is 0 Å². The lowest BCUT2D eigenvalue weighted by molar-refractivity contribution is 0.423. The third-order valence-corrected chi connectivity index (χ3v) is 16.0. The molecule has 9 aromatic rings. The van der Waals surface area contributed by atoms with Crippen molar-refractivity contribution in [3.63, 3.8) is 0 Å². The van der Waals surface area contributed by atoms with E-state index in [1.165, 1.54) is 42.6 Å². The number of rotatable bonds is 6. The van der Waals surface area contributed by atoms with Gasteiger partial charge in [-0.15, -0.1) is 0 Å². The van der Waals surface area contributed by atoms with Gasteiger partial charge in [-0.3, -0.25) is 9.55 Å². The van der Waals surface area contributed by atoms with Gasteiger partial charge in [-0.1, -0.05) is 147 Å². The van der Waals surface area contributed by atoms with Crippen LogP contribution in [0.25, 0.3) is 38.9 Å². The highest BCUT2D eigenvalue weighted by Crippen LogP contribution is 2.52. The van der Waals surface area contributed by atoms with E-state index in [2.05, 4.69) is 182 Å². The van der Waals surface area contributed by atoms with Crippen LogP contribution in [0.3, 0.4) is 0 Å². The van der Waals surface area contributed by atoms with Crippen LogP contribution in [-0.2, 0) is 5.41 Å². The zero-order valence-electron chi connectivity index (χ0n) is 30.1. The normalized spacial score (nSPS) is 13.3. The molecule has 54 heavy (non-hydrogen) atoms. The van der Waals surface area contributed by atoms with E-state index < -0.39 is 13.5 Å². The highest BCUT2D eigenvalue weighted by Gasteiger charge is 2.48. The molecular weight excluding hydrogens is 675 g/mol. The molecule has 1 aliphatic rings. The van der Waals surface area contributed by atoms with Crippen molar-refractivity contribution in [3.8, 4) is 28.6 Å². The number of hydrogen-bond acceptors (Lipinski definition) is 3. The third kappa shape index (κ3) is 4.75. The van der Waals surface area contributed by atoms with Gasteiger partial charge in [0.15, 0.2) is 8.07 Å². The zero-order chi connectivity index (χ0) is 36.3. The molecule has 5 heteroatoms. The number of benzene rings is 6. The molecular formula is C49H37N3OSi. The van der Waals surface area contributed by atoms with Crippen molar-refractivity contribution in [3.05, 3.63) is 199 Å². The first-order valence-electron chi connectivity index (χ1n) is 18.5. The lowest BCUT2D eigenvalue weighted by Gasteiger charge is -2.41. The second-order valence-corrected chi connectivity index (χ2v) is 18.3. The van der Waals surface area contributed by atoms with Gasteiger partial charge in [0.05, 0.1) is 16.7 Å². The summed E-state index contributed by atoms with van der Waals surface area (Å²) in [6.07, 6.45) is 3.75. The summed E-state index contributed by atoms with van der Waals surface area (Å²) in [7, 11) is -3.20. The van der Waals surface area contributed by atoms with Crippen molar-refractivity contribution in [2.24, 2.45) is 0 Å². The molecule has 6 aromatic carbocycles. The summed E-state index contributed by atoms with van der Waals surface area (Å²) in [6.45, 7) is 4.72. The highest BCUT2D eigenvalue weighted by atomic mass is 28.3. The van der Waals surface area contributed by atoms with Gasteiger partial charge in [-0.25, -0.2) is 4.98 Å². The Labute approximate surface area is 316 Å². The lowest BCUT2D eigenvalue weighted by atomic mass is 9.74. The van der Waals surface area contributed by atoms with Gasteiger partial charge in [-0.2, -0.15) is 0 Å². The van der Waals surface area contributed by atoms with E-state index in [1.807, 2.05) is 24.5 Å². The lowest BCUT2D eigenvalue weighted by Crippen LogP contribution is -2.75. The first-order valence-corrected chi connectivity index (χ1v) is 20.5. The molecule has 0 unspecified atom stereocenters. The Balaban J connectivity index is 1.44. The molecule has 0 saturated carbocycles. The van der Waals surface area contributed by atoms with E-state index in [4.69, 9.17) is 14.7 Å². The van der Waals surface area contributed by atoms with Crippen molar-refractivity contribution in [2.45, 2.75) is 19.3 Å². The van der Waals surface area contributed by atoms with Crippen LogP contribution in [0.5, 0.6) is 11.5 Å². The van der Waals surface area contributed by atoms with Gasteiger partial charge >= 0.3 is 0 Å². The predicted octanol–water partition coefficient (Wildman–Crippen LogP) is 9.05. The molecule has 0 atom stereocenters. The summed E-state index contributed by atoms with van der Waals surface area (Å²) in [4.78, 5) is 9.75. The standard InChI is InChI=1S/C49H37N3OSi/c1-49(2)39-25-10-12-28-43(39)53-48-44(33-42-46(47(48)49)38-24-9-11-27-41(38)52(42)45-29-14-16-31-51-45)54(35-19-5-3-6-20-35,36-21-7-4-8-22-36)37-23-17-18-34(32-37)40-26-13-15-30-50-40/h3-33H,1-2H3. The molecule has 0 amide bonds. The molecule has 4 heterocycles. The molecule has 0 saturated heterocycles. The molecule has 10 rings (SSSR count). The smallest absolute Gasteiger partial charge is 0.184 e. The minimum Gasteiger partial charge on any atom is -0.457 e. The molecule has 0 N–H and O–H groups in total. The molecule has 3 aromatic heterocycles. The maximum Gasteiger partial charge on any atom is 0.184 e. The van der Waals surface area contributed by atoms with Crippen molar-refractivity contribution in [1.29, 1.82) is 0 Å². The van der Waals surface area contributed by atoms with Crippen molar-refractivity contribution in [2.75, 3.05) is 0 Å². The Bertz CT molecular complexity index is 2780. The molecule has 4 nitrogen and oxygen atoms in total. The van der Waals surface area contributed by atoms with Crippen LogP contribution in [0.15, 0.2) is 188 Å². The molecule has 0 aliphatic carbocycles. The van der Waals surface area contributed by atoms with E-state index >= 15 is 0 Å². The first kappa shape index (κ1) is 32.1. The van der Waals surface area contributed by atoms with E-state index in [0.29, 0.717) is 0 Å². The number of aromatic nitrogens is 3. The van der Waals surface area contributed by atoms with Crippen molar-refractivity contribution < 1.29 is 4.74 Å². The second kappa shape index (κ2) is 12.5. The predicted molar refractivity (Wildman–Crippen MR) is 224 cm³/mol. The zero-order valence-corrected chi connectivity index (χ0v) is 31.1. The van der Waals surface area contributed by atoms with Crippen LogP contribution in [-0.4, -0.2) is 22.6 Å². The van der Waals surface area contributed by atoms with Crippen molar-refractivity contribution >= 4 is 50.6 Å². The number of nitrogens with zero attached hydrogens (tertiary/aromatic N) is 3.